The highest BCUT2D eigenvalue weighted by molar-refractivity contribution is 5.83. The molecule has 0 spiro atoms. The lowest BCUT2D eigenvalue weighted by atomic mass is 10.0. The van der Waals surface area contributed by atoms with Gasteiger partial charge in [-0.15, -0.1) is 0 Å². The number of nitrogens with zero attached hydrogens (tertiary/aromatic N) is 2. The molecular formula is C19H21N2+. The first-order chi connectivity index (χ1) is 10.1. The third-order valence-electron chi connectivity index (χ3n) is 4.71. The molecule has 0 saturated carbocycles. The number of aryl methyl sites for hydroxylation is 3. The van der Waals surface area contributed by atoms with E-state index in [9.17, 15) is 0 Å². The van der Waals surface area contributed by atoms with E-state index in [1.165, 1.54) is 33.6 Å². The lowest BCUT2D eigenvalue weighted by Gasteiger charge is -2.10. The zero-order valence-electron chi connectivity index (χ0n) is 12.9. The van der Waals surface area contributed by atoms with E-state index >= 15 is 0 Å². The van der Waals surface area contributed by atoms with Crippen molar-refractivity contribution in [3.8, 4) is 0 Å². The molecule has 0 radical (unpaired) electrons. The van der Waals surface area contributed by atoms with E-state index in [0.717, 1.165) is 13.0 Å². The normalized spacial score (nSPS) is 19.5. The summed E-state index contributed by atoms with van der Waals surface area (Å²) in [5.74, 6) is 0. The Balaban J connectivity index is 1.78. The van der Waals surface area contributed by atoms with Crippen molar-refractivity contribution < 1.29 is 4.58 Å². The smallest absolute Gasteiger partial charge is 0.229 e. The van der Waals surface area contributed by atoms with Gasteiger partial charge in [-0.3, -0.25) is 0 Å². The van der Waals surface area contributed by atoms with Crippen LogP contribution >= 0.6 is 0 Å². The van der Waals surface area contributed by atoms with Gasteiger partial charge in [0.1, 0.15) is 24.0 Å². The highest BCUT2D eigenvalue weighted by Gasteiger charge is 2.41. The van der Waals surface area contributed by atoms with Gasteiger partial charge >= 0.3 is 0 Å². The lowest BCUT2D eigenvalue weighted by molar-refractivity contribution is -0.429. The minimum Gasteiger partial charge on any atom is -0.229 e. The molecule has 21 heavy (non-hydrogen) atoms. The molecule has 2 aromatic carbocycles. The highest BCUT2D eigenvalue weighted by Crippen LogP contribution is 2.35. The van der Waals surface area contributed by atoms with Gasteiger partial charge in [-0.2, -0.15) is 0 Å². The van der Waals surface area contributed by atoms with Gasteiger partial charge < -0.3 is 0 Å². The molecule has 4 rings (SSSR count). The van der Waals surface area contributed by atoms with Gasteiger partial charge in [-0.1, -0.05) is 35.9 Å². The molecule has 2 aromatic rings. The van der Waals surface area contributed by atoms with Crippen LogP contribution in [0.1, 0.15) is 22.3 Å². The van der Waals surface area contributed by atoms with E-state index in [0.29, 0.717) is 6.04 Å². The Hall–Kier alpha value is -2.09. The highest BCUT2D eigenvalue weighted by atomic mass is 15.3. The van der Waals surface area contributed by atoms with Crippen molar-refractivity contribution in [2.24, 2.45) is 0 Å². The van der Waals surface area contributed by atoms with Crippen LogP contribution in [0.5, 0.6) is 0 Å². The molecule has 2 heteroatoms. The summed E-state index contributed by atoms with van der Waals surface area (Å²) in [4.78, 5) is 2.45. The maximum absolute atomic E-state index is 2.45. The molecule has 2 heterocycles. The van der Waals surface area contributed by atoms with Gasteiger partial charge in [-0.25, -0.2) is 9.48 Å². The molecule has 0 aliphatic carbocycles. The van der Waals surface area contributed by atoms with Crippen molar-refractivity contribution in [3.05, 3.63) is 58.7 Å². The van der Waals surface area contributed by atoms with Crippen molar-refractivity contribution in [3.63, 3.8) is 0 Å². The van der Waals surface area contributed by atoms with E-state index < -0.39 is 0 Å². The molecule has 0 amide bonds. The van der Waals surface area contributed by atoms with Crippen LogP contribution in [0.3, 0.4) is 0 Å². The van der Waals surface area contributed by atoms with Crippen LogP contribution in [0.4, 0.5) is 11.4 Å². The summed E-state index contributed by atoms with van der Waals surface area (Å²) < 4.78 is 2.44. The number of para-hydroxylation sites is 1. The standard InChI is InChI=1S/C19H21N2/c1-13-8-14(2)19(15(3)9-13)20-11-17-10-16-6-4-5-7-18(16)21(17)12-20/h4-9,12,17H,10-11H2,1-3H3/q+1/t17-/m1/s1. The Morgan fingerprint density at radius 3 is 2.52 bits per heavy atom. The zero-order valence-corrected chi connectivity index (χ0v) is 12.9. The SMILES string of the molecule is Cc1cc(C)c([N+]2=CN3c4ccccc4C[C@@H]3C2)c(C)c1. The first-order valence-corrected chi connectivity index (χ1v) is 7.69. The largest absolute Gasteiger partial charge is 0.245 e. The predicted molar refractivity (Wildman–Crippen MR) is 87.9 cm³/mol. The van der Waals surface area contributed by atoms with Gasteiger partial charge in [0.2, 0.25) is 6.34 Å². The van der Waals surface area contributed by atoms with Crippen molar-refractivity contribution in [1.82, 2.24) is 0 Å². The Kier molecular flexibility index (Phi) is 2.68. The molecule has 0 aromatic heterocycles. The summed E-state index contributed by atoms with van der Waals surface area (Å²) in [5.41, 5.74) is 8.34. The molecule has 2 aliphatic rings. The topological polar surface area (TPSA) is 6.25 Å². The predicted octanol–water partition coefficient (Wildman–Crippen LogP) is 3.73. The summed E-state index contributed by atoms with van der Waals surface area (Å²) >= 11 is 0. The lowest BCUT2D eigenvalue weighted by Crippen LogP contribution is -2.27. The summed E-state index contributed by atoms with van der Waals surface area (Å²) in [5, 5.41) is 0. The number of hydrogen-bond donors (Lipinski definition) is 0. The first kappa shape index (κ1) is 12.6. The van der Waals surface area contributed by atoms with Crippen molar-refractivity contribution >= 4 is 17.7 Å². The van der Waals surface area contributed by atoms with Crippen LogP contribution < -0.4 is 4.90 Å². The summed E-state index contributed by atoms with van der Waals surface area (Å²) in [7, 11) is 0. The number of benzene rings is 2. The third kappa shape index (κ3) is 1.90. The monoisotopic (exact) mass is 277 g/mol. The van der Waals surface area contributed by atoms with Gasteiger partial charge in [0.25, 0.3) is 0 Å². The molecule has 106 valence electrons. The van der Waals surface area contributed by atoms with Gasteiger partial charge in [0.05, 0.1) is 0 Å². The molecule has 0 saturated heterocycles. The average molecular weight is 277 g/mol. The van der Waals surface area contributed by atoms with Crippen LogP contribution in [-0.2, 0) is 6.42 Å². The minimum absolute atomic E-state index is 0.586. The maximum atomic E-state index is 2.45. The van der Waals surface area contributed by atoms with E-state index in [1.54, 1.807) is 0 Å². The summed E-state index contributed by atoms with van der Waals surface area (Å²) in [6, 6.07) is 13.9. The van der Waals surface area contributed by atoms with E-state index in [-0.39, 0.29) is 0 Å². The number of anilines is 1. The molecule has 0 bridgehead atoms. The Labute approximate surface area is 126 Å². The average Bonchev–Trinajstić information content (AvgIpc) is 2.94. The van der Waals surface area contributed by atoms with E-state index in [4.69, 9.17) is 0 Å². The molecule has 0 fully saturated rings. The summed E-state index contributed by atoms with van der Waals surface area (Å²) in [6.45, 7) is 7.70. The van der Waals surface area contributed by atoms with Gasteiger partial charge in [0, 0.05) is 12.0 Å². The fourth-order valence-electron chi connectivity index (χ4n) is 3.99. The van der Waals surface area contributed by atoms with Crippen molar-refractivity contribution in [2.45, 2.75) is 33.2 Å². The van der Waals surface area contributed by atoms with Crippen LogP contribution in [0, 0.1) is 20.8 Å². The molecule has 2 aliphatic heterocycles. The molecule has 1 atom stereocenters. The van der Waals surface area contributed by atoms with Crippen LogP contribution in [0.25, 0.3) is 0 Å². The van der Waals surface area contributed by atoms with Crippen molar-refractivity contribution in [1.29, 1.82) is 0 Å². The molecule has 0 unspecified atom stereocenters. The molecule has 2 nitrogen and oxygen atoms in total. The van der Waals surface area contributed by atoms with Crippen molar-refractivity contribution in [2.75, 3.05) is 11.4 Å². The first-order valence-electron chi connectivity index (χ1n) is 7.69. The zero-order chi connectivity index (χ0) is 14.6. The van der Waals surface area contributed by atoms with Crippen LogP contribution in [0.2, 0.25) is 0 Å². The Morgan fingerprint density at radius 1 is 1.05 bits per heavy atom. The third-order valence-corrected chi connectivity index (χ3v) is 4.71. The molecular weight excluding hydrogens is 256 g/mol. The van der Waals surface area contributed by atoms with E-state index in [2.05, 4.69) is 73.0 Å². The second-order valence-corrected chi connectivity index (χ2v) is 6.41. The fraction of sp³-hybridized carbons (Fsp3) is 0.316. The van der Waals surface area contributed by atoms with Gasteiger partial charge in [-0.05, 0) is 38.0 Å². The molecule has 0 N–H and O–H groups in total. The fourth-order valence-corrected chi connectivity index (χ4v) is 3.99. The second kappa shape index (κ2) is 4.45. The quantitative estimate of drug-likeness (QED) is 0.720. The van der Waals surface area contributed by atoms with Crippen LogP contribution in [-0.4, -0.2) is 23.5 Å². The van der Waals surface area contributed by atoms with Gasteiger partial charge in [0.15, 0.2) is 0 Å². The Morgan fingerprint density at radius 2 is 1.76 bits per heavy atom. The van der Waals surface area contributed by atoms with Crippen LogP contribution in [0.15, 0.2) is 36.4 Å². The maximum Gasteiger partial charge on any atom is 0.245 e. The minimum atomic E-state index is 0.586. The summed E-state index contributed by atoms with van der Waals surface area (Å²) in [6.07, 6.45) is 3.47. The Bertz CT molecular complexity index is 735. The second-order valence-electron chi connectivity index (χ2n) is 6.41. The number of rotatable bonds is 1. The van der Waals surface area contributed by atoms with E-state index in [1.807, 2.05) is 0 Å². The number of hydrogen-bond acceptors (Lipinski definition) is 1. The number of fused-ring (bicyclic) bond motifs is 3.